The molecule has 2 saturated heterocycles. The van der Waals surface area contributed by atoms with Gasteiger partial charge in [0.25, 0.3) is 5.91 Å². The van der Waals surface area contributed by atoms with E-state index in [0.29, 0.717) is 11.1 Å². The van der Waals surface area contributed by atoms with Crippen molar-refractivity contribution in [2.24, 2.45) is 0 Å². The van der Waals surface area contributed by atoms with Crippen LogP contribution in [0.4, 0.5) is 5.69 Å². The Morgan fingerprint density at radius 1 is 1.09 bits per heavy atom. The second kappa shape index (κ2) is 10.7. The lowest BCUT2D eigenvalue weighted by Crippen LogP contribution is -2.64. The van der Waals surface area contributed by atoms with E-state index in [0.717, 1.165) is 23.9 Å². The van der Waals surface area contributed by atoms with Gasteiger partial charge >= 0.3 is 0 Å². The van der Waals surface area contributed by atoms with Gasteiger partial charge in [-0.05, 0) is 66.3 Å². The fourth-order valence-corrected chi connectivity index (χ4v) is 4.74. The molecule has 0 radical (unpaired) electrons. The molecule has 0 aliphatic carbocycles. The van der Waals surface area contributed by atoms with Crippen LogP contribution in [0, 0.1) is 11.3 Å². The van der Waals surface area contributed by atoms with Crippen molar-refractivity contribution in [2.75, 3.05) is 24.6 Å². The molecule has 2 heterocycles. The molecule has 5 N–H and O–H groups in total. The predicted octanol–water partition coefficient (Wildman–Crippen LogP) is 1.04. The van der Waals surface area contributed by atoms with Crippen LogP contribution in [0.15, 0.2) is 42.0 Å². The van der Waals surface area contributed by atoms with Crippen LogP contribution in [0.1, 0.15) is 31.7 Å². The highest BCUT2D eigenvalue weighted by atomic mass is 16.6. The topological polar surface area (TPSA) is 146 Å². The molecule has 186 valence electrons. The minimum atomic E-state index is -1.66. The summed E-state index contributed by atoms with van der Waals surface area (Å²) in [6.45, 7) is 3.15. The Hall–Kier alpha value is -3.00. The number of benzene rings is 2. The highest BCUT2D eigenvalue weighted by Crippen LogP contribution is 2.28. The van der Waals surface area contributed by atoms with Gasteiger partial charge < -0.3 is 35.4 Å². The van der Waals surface area contributed by atoms with Crippen LogP contribution in [-0.2, 0) is 9.53 Å². The number of anilines is 1. The molecule has 4 rings (SSSR count). The van der Waals surface area contributed by atoms with Gasteiger partial charge in [-0.25, -0.2) is 0 Å². The maximum absolute atomic E-state index is 12.9. The fourth-order valence-electron chi connectivity index (χ4n) is 4.74. The lowest BCUT2D eigenvalue weighted by Gasteiger charge is -2.40. The zero-order valence-electron chi connectivity index (χ0n) is 19.6. The molecule has 2 aliphatic rings. The Morgan fingerprint density at radius 2 is 1.77 bits per heavy atom. The summed E-state index contributed by atoms with van der Waals surface area (Å²) in [5, 5.41) is 53.8. The minimum Gasteiger partial charge on any atom is -0.394 e. The summed E-state index contributed by atoms with van der Waals surface area (Å²) < 4.78 is 5.07. The number of carbonyl (C=O) groups excluding carboxylic acids is 1. The maximum Gasteiger partial charge on any atom is 0.262 e. The number of ether oxygens (including phenoxy) is 1. The number of aliphatic hydroxyl groups is 4. The summed E-state index contributed by atoms with van der Waals surface area (Å²) in [5.74, 6) is -0.813. The molecule has 2 fully saturated rings. The van der Waals surface area contributed by atoms with Crippen LogP contribution in [-0.4, -0.2) is 76.7 Å². The molecular weight excluding hydrogens is 450 g/mol. The van der Waals surface area contributed by atoms with Crippen LogP contribution in [0.2, 0.25) is 0 Å². The molecule has 9 nitrogen and oxygen atoms in total. The summed E-state index contributed by atoms with van der Waals surface area (Å²) >= 11 is 0. The first-order chi connectivity index (χ1) is 16.8. The van der Waals surface area contributed by atoms with Crippen molar-refractivity contribution in [3.8, 4) is 6.07 Å². The Balaban J connectivity index is 1.55. The van der Waals surface area contributed by atoms with Gasteiger partial charge in [-0.15, -0.1) is 0 Å². The average molecular weight is 482 g/mol. The zero-order chi connectivity index (χ0) is 25.1. The lowest BCUT2D eigenvalue weighted by molar-refractivity contribution is -0.253. The number of piperidine rings is 1. The first-order valence-corrected chi connectivity index (χ1v) is 11.9. The van der Waals surface area contributed by atoms with Crippen LogP contribution in [0.3, 0.4) is 0 Å². The molecular formula is C26H31N3O6. The van der Waals surface area contributed by atoms with Crippen molar-refractivity contribution in [1.29, 1.82) is 5.26 Å². The van der Waals surface area contributed by atoms with E-state index in [4.69, 9.17) is 4.74 Å². The van der Waals surface area contributed by atoms with Crippen molar-refractivity contribution >= 4 is 27.9 Å². The van der Waals surface area contributed by atoms with Crippen molar-refractivity contribution in [1.82, 2.24) is 5.32 Å². The molecule has 0 spiro atoms. The number of rotatable bonds is 5. The summed E-state index contributed by atoms with van der Waals surface area (Å²) in [6, 6.07) is 12.5. The molecule has 9 heteroatoms. The Kier molecular flexibility index (Phi) is 7.69. The Labute approximate surface area is 203 Å². The SMILES string of the molecule is C/C(=C(/C#N)C(=O)N[C@H]1C(O)O[C@H](CO)[C@@H](O)[C@@H]1O)c1ccc2cc(N3CCCCC3)ccc2c1. The molecule has 35 heavy (non-hydrogen) atoms. The van der Waals surface area contributed by atoms with Crippen LogP contribution >= 0.6 is 0 Å². The van der Waals surface area contributed by atoms with Crippen LogP contribution in [0.25, 0.3) is 16.3 Å². The Bertz CT molecular complexity index is 1150. The number of hydrogen-bond acceptors (Lipinski definition) is 8. The van der Waals surface area contributed by atoms with Crippen molar-refractivity contribution < 1.29 is 30.0 Å². The molecule has 2 aliphatic heterocycles. The van der Waals surface area contributed by atoms with E-state index in [2.05, 4.69) is 22.3 Å². The van der Waals surface area contributed by atoms with E-state index >= 15 is 0 Å². The number of fused-ring (bicyclic) bond motifs is 1. The molecule has 2 aromatic rings. The number of nitriles is 1. The number of allylic oxidation sites excluding steroid dienone is 1. The first-order valence-electron chi connectivity index (χ1n) is 11.9. The van der Waals surface area contributed by atoms with Crippen molar-refractivity contribution in [3.05, 3.63) is 47.5 Å². The quantitative estimate of drug-likeness (QED) is 0.315. The number of amides is 1. The van der Waals surface area contributed by atoms with Gasteiger partial charge in [0.05, 0.1) is 6.61 Å². The van der Waals surface area contributed by atoms with Crippen molar-refractivity contribution in [3.63, 3.8) is 0 Å². The van der Waals surface area contributed by atoms with Gasteiger partial charge in [0, 0.05) is 18.8 Å². The number of nitrogens with zero attached hydrogens (tertiary/aromatic N) is 2. The predicted molar refractivity (Wildman–Crippen MR) is 130 cm³/mol. The van der Waals surface area contributed by atoms with E-state index < -0.39 is 43.2 Å². The van der Waals surface area contributed by atoms with Gasteiger partial charge in [-0.3, -0.25) is 4.79 Å². The second-order valence-corrected chi connectivity index (χ2v) is 9.13. The maximum atomic E-state index is 12.9. The van der Waals surface area contributed by atoms with Gasteiger partial charge in [-0.2, -0.15) is 5.26 Å². The average Bonchev–Trinajstić information content (AvgIpc) is 2.88. The van der Waals surface area contributed by atoms with E-state index in [-0.39, 0.29) is 5.57 Å². The summed E-state index contributed by atoms with van der Waals surface area (Å²) in [6.07, 6.45) is -2.29. The highest BCUT2D eigenvalue weighted by molar-refractivity contribution is 6.05. The number of carbonyl (C=O) groups is 1. The summed E-state index contributed by atoms with van der Waals surface area (Å²) in [4.78, 5) is 15.3. The lowest BCUT2D eigenvalue weighted by atomic mass is 9.95. The number of nitrogens with one attached hydrogen (secondary N) is 1. The third-order valence-electron chi connectivity index (χ3n) is 6.89. The van der Waals surface area contributed by atoms with E-state index in [1.807, 2.05) is 30.3 Å². The van der Waals surface area contributed by atoms with Crippen LogP contribution < -0.4 is 10.2 Å². The standard InChI is InChI=1S/C26H31N3O6/c1-15(20(13-27)25(33)28-22-24(32)23(31)21(14-30)35-26(22)34)16-5-6-18-12-19(8-7-17(18)11-16)29-9-3-2-4-10-29/h5-8,11-12,21-24,26,30-32,34H,2-4,9-10,14H2,1H3,(H,28,33)/b20-15+/t21-,22-,23-,24-,26?/m1/s1. The van der Waals surface area contributed by atoms with Crippen molar-refractivity contribution in [2.45, 2.75) is 56.8 Å². The number of hydrogen-bond donors (Lipinski definition) is 5. The van der Waals surface area contributed by atoms with E-state index in [1.54, 1.807) is 6.92 Å². The smallest absolute Gasteiger partial charge is 0.262 e. The monoisotopic (exact) mass is 481 g/mol. The third-order valence-corrected chi connectivity index (χ3v) is 6.89. The zero-order valence-corrected chi connectivity index (χ0v) is 19.6. The molecule has 1 amide bonds. The molecule has 0 saturated carbocycles. The number of aliphatic hydroxyl groups excluding tert-OH is 4. The van der Waals surface area contributed by atoms with E-state index in [9.17, 15) is 30.5 Å². The van der Waals surface area contributed by atoms with Gasteiger partial charge in [-0.1, -0.05) is 18.2 Å². The van der Waals surface area contributed by atoms with Gasteiger partial charge in [0.1, 0.15) is 36.0 Å². The first kappa shape index (κ1) is 25.1. The molecule has 5 atom stereocenters. The summed E-state index contributed by atoms with van der Waals surface area (Å²) in [5.41, 5.74) is 2.12. The normalized spacial score (nSPS) is 27.8. The highest BCUT2D eigenvalue weighted by Gasteiger charge is 2.44. The van der Waals surface area contributed by atoms with E-state index in [1.165, 1.54) is 24.9 Å². The van der Waals surface area contributed by atoms with Gasteiger partial charge in [0.15, 0.2) is 6.29 Å². The largest absolute Gasteiger partial charge is 0.394 e. The summed E-state index contributed by atoms with van der Waals surface area (Å²) in [7, 11) is 0. The molecule has 0 bridgehead atoms. The van der Waals surface area contributed by atoms with Crippen LogP contribution in [0.5, 0.6) is 0 Å². The minimum absolute atomic E-state index is 0.188. The molecule has 2 aromatic carbocycles. The third kappa shape index (κ3) is 5.17. The Morgan fingerprint density at radius 3 is 2.46 bits per heavy atom. The molecule has 0 aromatic heterocycles. The van der Waals surface area contributed by atoms with Gasteiger partial charge in [0.2, 0.25) is 0 Å². The second-order valence-electron chi connectivity index (χ2n) is 9.13. The fraction of sp³-hybridized carbons (Fsp3) is 0.462. The molecule has 1 unspecified atom stereocenters.